The van der Waals surface area contributed by atoms with Crippen LogP contribution in [0, 0.1) is 0 Å². The van der Waals surface area contributed by atoms with Gasteiger partial charge in [0.05, 0.1) is 26.5 Å². The number of carbonyl (C=O) groups excluding carboxylic acids is 1. The lowest BCUT2D eigenvalue weighted by Crippen LogP contribution is -2.37. The summed E-state index contributed by atoms with van der Waals surface area (Å²) in [5, 5.41) is 8.14. The van der Waals surface area contributed by atoms with E-state index in [4.69, 9.17) is 33.5 Å². The number of benzene rings is 1. The molecule has 1 unspecified atom stereocenters. The van der Waals surface area contributed by atoms with Crippen LogP contribution >= 0.6 is 23.2 Å². The minimum absolute atomic E-state index is 0.102. The van der Waals surface area contributed by atoms with Gasteiger partial charge in [0.1, 0.15) is 6.33 Å². The lowest BCUT2D eigenvalue weighted by molar-refractivity contribution is 0.0940. The fourth-order valence-electron chi connectivity index (χ4n) is 4.38. The molecule has 1 aliphatic rings. The van der Waals surface area contributed by atoms with Crippen LogP contribution in [0.4, 0.5) is 11.6 Å². The number of nitrogens with two attached hydrogens (primary N) is 1. The number of nitrogens with one attached hydrogen (secondary N) is 1. The highest BCUT2D eigenvalue weighted by Gasteiger charge is 2.29. The Morgan fingerprint density at radius 3 is 2.91 bits per heavy atom. The average Bonchev–Trinajstić information content (AvgIpc) is 3.58. The maximum atomic E-state index is 13.0. The minimum Gasteiger partial charge on any atom is -0.380 e. The molecule has 1 atom stereocenters. The predicted molar refractivity (Wildman–Crippen MR) is 133 cm³/mol. The lowest BCUT2D eigenvalue weighted by atomic mass is 10.1. The van der Waals surface area contributed by atoms with E-state index in [-0.39, 0.29) is 17.8 Å². The van der Waals surface area contributed by atoms with Crippen molar-refractivity contribution in [1.82, 2.24) is 30.0 Å². The molecule has 0 aliphatic carbocycles. The van der Waals surface area contributed by atoms with Crippen LogP contribution in [0.15, 0.2) is 53.6 Å². The summed E-state index contributed by atoms with van der Waals surface area (Å²) >= 11 is 12.7. The maximum Gasteiger partial charge on any atom is 0.253 e. The molecule has 3 N–H and O–H groups in total. The molecule has 5 heterocycles. The summed E-state index contributed by atoms with van der Waals surface area (Å²) < 4.78 is 7.24. The first kappa shape index (κ1) is 21.6. The largest absolute Gasteiger partial charge is 0.380 e. The van der Waals surface area contributed by atoms with E-state index in [0.29, 0.717) is 51.1 Å². The van der Waals surface area contributed by atoms with Crippen LogP contribution in [0.1, 0.15) is 16.8 Å². The fourth-order valence-corrected chi connectivity index (χ4v) is 4.87. The normalized spacial score (nSPS) is 15.8. The number of amides is 1. The molecule has 176 valence electrons. The molecule has 12 heteroatoms. The molecule has 1 saturated heterocycles. The van der Waals surface area contributed by atoms with Crippen LogP contribution < -0.4 is 16.0 Å². The molecule has 0 spiro atoms. The Bertz CT molecular complexity index is 1600. The van der Waals surface area contributed by atoms with Crippen LogP contribution in [-0.4, -0.2) is 49.7 Å². The van der Waals surface area contributed by atoms with E-state index in [0.717, 1.165) is 17.6 Å². The number of imidazole rings is 1. The van der Waals surface area contributed by atoms with E-state index in [9.17, 15) is 4.79 Å². The van der Waals surface area contributed by atoms with Crippen molar-refractivity contribution in [2.45, 2.75) is 12.5 Å². The van der Waals surface area contributed by atoms with E-state index in [2.05, 4.69) is 25.4 Å². The molecule has 1 amide bonds. The third-order valence-electron chi connectivity index (χ3n) is 6.08. The monoisotopic (exact) mass is 508 g/mol. The topological polar surface area (TPSA) is 128 Å². The number of carbonyl (C=O) groups is 1. The third kappa shape index (κ3) is 3.71. The van der Waals surface area contributed by atoms with Crippen LogP contribution in [0.3, 0.4) is 0 Å². The van der Waals surface area contributed by atoms with Gasteiger partial charge in [-0.1, -0.05) is 28.4 Å². The zero-order valence-electron chi connectivity index (χ0n) is 18.2. The molecule has 0 radical (unpaired) electrons. The number of hydrogen-bond acceptors (Lipinski definition) is 8. The fraction of sp³-hybridized carbons (Fsp3) is 0.174. The van der Waals surface area contributed by atoms with E-state index < -0.39 is 0 Å². The lowest BCUT2D eigenvalue weighted by Gasteiger charge is -2.18. The van der Waals surface area contributed by atoms with Gasteiger partial charge in [0.25, 0.3) is 5.91 Å². The van der Waals surface area contributed by atoms with Crippen molar-refractivity contribution in [1.29, 1.82) is 0 Å². The summed E-state index contributed by atoms with van der Waals surface area (Å²) in [4.78, 5) is 28.0. The Balaban J connectivity index is 1.19. The highest BCUT2D eigenvalue weighted by Crippen LogP contribution is 2.35. The number of nitrogens with zero attached hydrogens (tertiary/aromatic N) is 6. The second-order valence-electron chi connectivity index (χ2n) is 8.23. The van der Waals surface area contributed by atoms with Gasteiger partial charge >= 0.3 is 0 Å². The Hall–Kier alpha value is -3.89. The SMILES string of the molecule is Nc1noc2c(N3CCC(NC(=O)c4ccc(-n5cnc6ncccc65)cc4Cl)C3)ncc(Cl)c12. The second-order valence-corrected chi connectivity index (χ2v) is 9.05. The number of hydrogen-bond donors (Lipinski definition) is 2. The van der Waals surface area contributed by atoms with Crippen molar-refractivity contribution in [2.75, 3.05) is 23.7 Å². The van der Waals surface area contributed by atoms with Gasteiger partial charge in [-0.15, -0.1) is 0 Å². The standard InChI is InChI=1S/C23H18Cl2N8O2/c24-15-8-13(33-11-29-21-17(33)2-1-6-27-21)3-4-14(15)23(34)30-12-5-7-32(10-12)22-19-18(16(25)9-28-22)20(26)31-35-19/h1-4,6,8-9,11-12H,5,7,10H2,(H2,26,31)(H,30,34). The van der Waals surface area contributed by atoms with Crippen molar-refractivity contribution >= 4 is 62.9 Å². The molecule has 0 saturated carbocycles. The van der Waals surface area contributed by atoms with Gasteiger partial charge in [0.15, 0.2) is 17.3 Å². The average molecular weight is 509 g/mol. The Labute approximate surface area is 208 Å². The van der Waals surface area contributed by atoms with Crippen molar-refractivity contribution < 1.29 is 9.32 Å². The molecule has 5 aromatic rings. The summed E-state index contributed by atoms with van der Waals surface area (Å²) in [7, 11) is 0. The molecule has 4 aromatic heterocycles. The van der Waals surface area contributed by atoms with Crippen molar-refractivity contribution in [3.05, 3.63) is 64.7 Å². The number of halogens is 2. The first-order chi connectivity index (χ1) is 17.0. The zero-order valence-corrected chi connectivity index (χ0v) is 19.7. The highest BCUT2D eigenvalue weighted by atomic mass is 35.5. The summed E-state index contributed by atoms with van der Waals surface area (Å²) in [6.07, 6.45) is 5.63. The van der Waals surface area contributed by atoms with E-state index >= 15 is 0 Å². The van der Waals surface area contributed by atoms with E-state index in [1.165, 1.54) is 6.20 Å². The molecule has 1 aliphatic heterocycles. The molecule has 1 aromatic carbocycles. The highest BCUT2D eigenvalue weighted by molar-refractivity contribution is 6.36. The van der Waals surface area contributed by atoms with Gasteiger partial charge in [-0.25, -0.2) is 15.0 Å². The second kappa shape index (κ2) is 8.40. The first-order valence-corrected chi connectivity index (χ1v) is 11.6. The smallest absolute Gasteiger partial charge is 0.253 e. The Morgan fingerprint density at radius 2 is 2.06 bits per heavy atom. The van der Waals surface area contributed by atoms with Crippen molar-refractivity contribution in [3.63, 3.8) is 0 Å². The zero-order chi connectivity index (χ0) is 24.1. The van der Waals surface area contributed by atoms with Gasteiger partial charge in [-0.3, -0.25) is 9.36 Å². The number of rotatable bonds is 4. The molecule has 0 bridgehead atoms. The van der Waals surface area contributed by atoms with Crippen molar-refractivity contribution in [2.24, 2.45) is 0 Å². The van der Waals surface area contributed by atoms with Gasteiger partial charge in [0, 0.05) is 37.2 Å². The van der Waals surface area contributed by atoms with E-state index in [1.807, 2.05) is 27.7 Å². The molecule has 6 rings (SSSR count). The number of anilines is 2. The number of aromatic nitrogens is 5. The van der Waals surface area contributed by atoms with Gasteiger partial charge < -0.3 is 20.5 Å². The van der Waals surface area contributed by atoms with Gasteiger partial charge in [0.2, 0.25) is 5.58 Å². The summed E-state index contributed by atoms with van der Waals surface area (Å²) in [5.74, 6) is 0.564. The predicted octanol–water partition coefficient (Wildman–Crippen LogP) is 3.85. The summed E-state index contributed by atoms with van der Waals surface area (Å²) in [6.45, 7) is 1.21. The molecular weight excluding hydrogens is 491 g/mol. The maximum absolute atomic E-state index is 13.0. The van der Waals surface area contributed by atoms with Crippen LogP contribution in [-0.2, 0) is 0 Å². The van der Waals surface area contributed by atoms with Gasteiger partial charge in [-0.2, -0.15) is 0 Å². The van der Waals surface area contributed by atoms with Crippen LogP contribution in [0.2, 0.25) is 10.0 Å². The number of nitrogen functional groups attached to an aromatic ring is 1. The van der Waals surface area contributed by atoms with E-state index in [1.54, 1.807) is 24.7 Å². The van der Waals surface area contributed by atoms with Crippen LogP contribution in [0.5, 0.6) is 0 Å². The number of fused-ring (bicyclic) bond motifs is 2. The first-order valence-electron chi connectivity index (χ1n) is 10.8. The number of pyridine rings is 2. The molecule has 1 fully saturated rings. The quantitative estimate of drug-likeness (QED) is 0.374. The minimum atomic E-state index is -0.247. The molecule has 10 nitrogen and oxygen atoms in total. The molecule has 35 heavy (non-hydrogen) atoms. The third-order valence-corrected chi connectivity index (χ3v) is 6.68. The Kier molecular flexibility index (Phi) is 5.19. The molecular formula is C23H18Cl2N8O2. The summed E-state index contributed by atoms with van der Waals surface area (Å²) in [6, 6.07) is 8.95. The Morgan fingerprint density at radius 1 is 1.17 bits per heavy atom. The van der Waals surface area contributed by atoms with Gasteiger partial charge in [-0.05, 0) is 36.8 Å². The van der Waals surface area contributed by atoms with Crippen LogP contribution in [0.25, 0.3) is 27.8 Å². The summed E-state index contributed by atoms with van der Waals surface area (Å²) in [5.41, 5.74) is 8.98. The van der Waals surface area contributed by atoms with Crippen molar-refractivity contribution in [3.8, 4) is 5.69 Å².